The van der Waals surface area contributed by atoms with E-state index < -0.39 is 0 Å². The van der Waals surface area contributed by atoms with E-state index in [9.17, 15) is 0 Å². The van der Waals surface area contributed by atoms with Crippen molar-refractivity contribution in [2.75, 3.05) is 0 Å². The van der Waals surface area contributed by atoms with Gasteiger partial charge in [-0.25, -0.2) is 0 Å². The molecule has 2 nitrogen and oxygen atoms in total. The van der Waals surface area contributed by atoms with Gasteiger partial charge in [-0.05, 0) is 23.8 Å². The third-order valence-electron chi connectivity index (χ3n) is 2.20. The first-order valence-electron chi connectivity index (χ1n) is 4.42. The molecule has 1 aliphatic rings. The van der Waals surface area contributed by atoms with Gasteiger partial charge in [0.15, 0.2) is 0 Å². The Morgan fingerprint density at radius 2 is 2.07 bits per heavy atom. The topological polar surface area (TPSA) is 33.1 Å². The van der Waals surface area contributed by atoms with E-state index >= 15 is 0 Å². The second-order valence-corrected chi connectivity index (χ2v) is 3.58. The molecule has 0 radical (unpaired) electrons. The van der Waals surface area contributed by atoms with Crippen molar-refractivity contribution in [1.82, 2.24) is 0 Å². The fraction of sp³-hybridized carbons (Fsp3) is 0.182. The molecule has 0 bridgehead atoms. The molecule has 0 fully saturated rings. The Hall–Kier alpha value is -1.28. The van der Waals surface area contributed by atoms with Crippen molar-refractivity contribution < 1.29 is 4.74 Å². The second-order valence-electron chi connectivity index (χ2n) is 3.14. The maximum Gasteiger partial charge on any atom is 0.133 e. The van der Waals surface area contributed by atoms with Gasteiger partial charge in [0.05, 0.1) is 6.21 Å². The van der Waals surface area contributed by atoms with Crippen LogP contribution in [0.5, 0.6) is 0 Å². The van der Waals surface area contributed by atoms with E-state index in [0.717, 1.165) is 17.0 Å². The summed E-state index contributed by atoms with van der Waals surface area (Å²) < 4.78 is 5.51. The lowest BCUT2D eigenvalue weighted by atomic mass is 10.1. The highest BCUT2D eigenvalue weighted by atomic mass is 35.5. The monoisotopic (exact) mass is 207 g/mol. The highest BCUT2D eigenvalue weighted by Gasteiger charge is 2.18. The Labute approximate surface area is 87.7 Å². The van der Waals surface area contributed by atoms with Crippen LogP contribution in [-0.4, -0.2) is 6.21 Å². The molecule has 1 aromatic carbocycles. The van der Waals surface area contributed by atoms with Crippen LogP contribution < -0.4 is 0 Å². The van der Waals surface area contributed by atoms with Crippen LogP contribution in [0.3, 0.4) is 0 Å². The lowest BCUT2D eigenvalue weighted by Crippen LogP contribution is -1.97. The molecule has 14 heavy (non-hydrogen) atoms. The first-order valence-corrected chi connectivity index (χ1v) is 4.80. The molecule has 1 heterocycles. The number of hydrogen-bond acceptors (Lipinski definition) is 2. The van der Waals surface area contributed by atoms with E-state index in [-0.39, 0.29) is 6.10 Å². The van der Waals surface area contributed by atoms with Crippen molar-refractivity contribution in [3.8, 4) is 0 Å². The molecule has 72 valence electrons. The maximum absolute atomic E-state index is 7.05. The quantitative estimate of drug-likeness (QED) is 0.742. The van der Waals surface area contributed by atoms with Crippen LogP contribution in [0.2, 0.25) is 5.02 Å². The van der Waals surface area contributed by atoms with Crippen LogP contribution in [0, 0.1) is 5.41 Å². The van der Waals surface area contributed by atoms with Crippen LogP contribution in [0.25, 0.3) is 0 Å². The predicted octanol–water partition coefficient (Wildman–Crippen LogP) is 3.33. The summed E-state index contributed by atoms with van der Waals surface area (Å²) in [5.41, 5.74) is 1.10. The van der Waals surface area contributed by atoms with Gasteiger partial charge in [0.1, 0.15) is 11.9 Å². The van der Waals surface area contributed by atoms with Crippen molar-refractivity contribution >= 4 is 17.8 Å². The number of halogens is 1. The summed E-state index contributed by atoms with van der Waals surface area (Å²) in [4.78, 5) is 0. The van der Waals surface area contributed by atoms with Crippen LogP contribution in [0.4, 0.5) is 0 Å². The molecule has 2 rings (SSSR count). The average molecular weight is 208 g/mol. The lowest BCUT2D eigenvalue weighted by Gasteiger charge is -2.11. The number of allylic oxidation sites excluding steroid dienone is 1. The second kappa shape index (κ2) is 3.84. The fourth-order valence-corrected chi connectivity index (χ4v) is 1.58. The van der Waals surface area contributed by atoms with Crippen molar-refractivity contribution in [3.63, 3.8) is 0 Å². The summed E-state index contributed by atoms with van der Waals surface area (Å²) in [6.45, 7) is 0. The maximum atomic E-state index is 7.05. The van der Waals surface area contributed by atoms with Gasteiger partial charge in [-0.15, -0.1) is 0 Å². The third kappa shape index (κ3) is 1.80. The van der Waals surface area contributed by atoms with Gasteiger partial charge in [-0.3, -0.25) is 0 Å². The molecule has 1 N–H and O–H groups in total. The van der Waals surface area contributed by atoms with Gasteiger partial charge in [-0.2, -0.15) is 0 Å². The van der Waals surface area contributed by atoms with E-state index in [1.807, 2.05) is 30.3 Å². The van der Waals surface area contributed by atoms with Crippen molar-refractivity contribution in [2.24, 2.45) is 0 Å². The number of rotatable bonds is 2. The minimum absolute atomic E-state index is 0.0452. The molecule has 0 spiro atoms. The van der Waals surface area contributed by atoms with Crippen molar-refractivity contribution in [1.29, 1.82) is 5.41 Å². The van der Waals surface area contributed by atoms with E-state index in [1.54, 1.807) is 0 Å². The highest BCUT2D eigenvalue weighted by molar-refractivity contribution is 6.30. The molecule has 3 heteroatoms. The molecular formula is C11H10ClNO. The third-order valence-corrected chi connectivity index (χ3v) is 2.45. The summed E-state index contributed by atoms with van der Waals surface area (Å²) in [5.74, 6) is 0.643. The summed E-state index contributed by atoms with van der Waals surface area (Å²) in [7, 11) is 0. The van der Waals surface area contributed by atoms with E-state index in [1.165, 1.54) is 6.21 Å². The molecule has 0 aromatic heterocycles. The van der Waals surface area contributed by atoms with Gasteiger partial charge < -0.3 is 10.1 Å². The van der Waals surface area contributed by atoms with E-state index in [0.29, 0.717) is 5.76 Å². The van der Waals surface area contributed by atoms with Gasteiger partial charge in [-0.1, -0.05) is 23.7 Å². The molecular weight excluding hydrogens is 198 g/mol. The zero-order valence-electron chi connectivity index (χ0n) is 7.53. The standard InChI is InChI=1S/C11H10ClNO/c12-9-3-1-8(2-4-9)11-6-5-10(7-13)14-11/h1-5,7,11,13H,6H2. The van der Waals surface area contributed by atoms with Gasteiger partial charge in [0.25, 0.3) is 0 Å². The molecule has 1 aliphatic heterocycles. The molecule has 0 amide bonds. The number of nitrogens with one attached hydrogen (secondary N) is 1. The lowest BCUT2D eigenvalue weighted by molar-refractivity contribution is 0.160. The van der Waals surface area contributed by atoms with Crippen LogP contribution in [0.1, 0.15) is 18.1 Å². The largest absolute Gasteiger partial charge is 0.484 e. The minimum Gasteiger partial charge on any atom is -0.484 e. The molecule has 0 aliphatic carbocycles. The summed E-state index contributed by atoms with van der Waals surface area (Å²) in [6.07, 6.45) is 4.03. The highest BCUT2D eigenvalue weighted by Crippen LogP contribution is 2.30. The van der Waals surface area contributed by atoms with Gasteiger partial charge in [0, 0.05) is 11.4 Å². The SMILES string of the molecule is N=CC1=CCC(c2ccc(Cl)cc2)O1. The summed E-state index contributed by atoms with van der Waals surface area (Å²) in [5, 5.41) is 7.78. The minimum atomic E-state index is 0.0452. The Bertz CT molecular complexity index is 369. The summed E-state index contributed by atoms with van der Waals surface area (Å²) in [6, 6.07) is 7.60. The Morgan fingerprint density at radius 3 is 2.64 bits per heavy atom. The van der Waals surface area contributed by atoms with Gasteiger partial charge >= 0.3 is 0 Å². The Kier molecular flexibility index (Phi) is 2.55. The first-order chi connectivity index (χ1) is 6.79. The van der Waals surface area contributed by atoms with Crippen molar-refractivity contribution in [2.45, 2.75) is 12.5 Å². The Balaban J connectivity index is 2.12. The number of hydrogen-bond donors (Lipinski definition) is 1. The predicted molar refractivity (Wildman–Crippen MR) is 56.8 cm³/mol. The number of benzene rings is 1. The van der Waals surface area contributed by atoms with E-state index in [4.69, 9.17) is 21.7 Å². The van der Waals surface area contributed by atoms with Crippen LogP contribution in [-0.2, 0) is 4.74 Å². The number of ether oxygens (including phenoxy) is 1. The summed E-state index contributed by atoms with van der Waals surface area (Å²) >= 11 is 5.78. The molecule has 1 aromatic rings. The average Bonchev–Trinajstić information content (AvgIpc) is 2.67. The molecule has 0 saturated heterocycles. The zero-order valence-corrected chi connectivity index (χ0v) is 8.29. The molecule has 1 atom stereocenters. The Morgan fingerprint density at radius 1 is 1.36 bits per heavy atom. The first kappa shape index (κ1) is 9.28. The van der Waals surface area contributed by atoms with E-state index in [2.05, 4.69) is 0 Å². The normalized spacial score (nSPS) is 20.1. The van der Waals surface area contributed by atoms with Gasteiger partial charge in [0.2, 0.25) is 0 Å². The van der Waals surface area contributed by atoms with Crippen LogP contribution in [0.15, 0.2) is 36.1 Å². The van der Waals surface area contributed by atoms with Crippen LogP contribution >= 0.6 is 11.6 Å². The molecule has 0 saturated carbocycles. The zero-order chi connectivity index (χ0) is 9.97. The smallest absolute Gasteiger partial charge is 0.133 e. The fourth-order valence-electron chi connectivity index (χ4n) is 1.46. The molecule has 1 unspecified atom stereocenters. The van der Waals surface area contributed by atoms with Crippen molar-refractivity contribution in [3.05, 3.63) is 46.7 Å².